The Balaban J connectivity index is 1.39. The summed E-state index contributed by atoms with van der Waals surface area (Å²) in [4.78, 5) is 13.2. The van der Waals surface area contributed by atoms with Crippen LogP contribution in [0.25, 0.3) is 10.8 Å². The lowest BCUT2D eigenvalue weighted by molar-refractivity contribution is -0.131. The van der Waals surface area contributed by atoms with Crippen LogP contribution in [0.1, 0.15) is 23.8 Å². The van der Waals surface area contributed by atoms with Gasteiger partial charge in [-0.05, 0) is 53.4 Å². The van der Waals surface area contributed by atoms with Crippen LogP contribution in [0, 0.1) is 0 Å². The van der Waals surface area contributed by atoms with Gasteiger partial charge in [0, 0.05) is 17.5 Å². The van der Waals surface area contributed by atoms with Crippen LogP contribution < -0.4 is 10.1 Å². The normalized spacial score (nSPS) is 15.6. The Labute approximate surface area is 186 Å². The summed E-state index contributed by atoms with van der Waals surface area (Å²) >= 11 is 0. The summed E-state index contributed by atoms with van der Waals surface area (Å²) in [7, 11) is 1.64. The fraction of sp³-hybridized carbons (Fsp3) is 0.154. The molecular formula is C26H23N3O3. The van der Waals surface area contributed by atoms with Crippen LogP contribution in [0.5, 0.6) is 5.75 Å². The number of nitrogens with one attached hydrogen (secondary N) is 1. The van der Waals surface area contributed by atoms with Crippen molar-refractivity contribution in [3.05, 3.63) is 96.4 Å². The summed E-state index contributed by atoms with van der Waals surface area (Å²) in [5.41, 5.74) is 2.72. The summed E-state index contributed by atoms with van der Waals surface area (Å²) < 4.78 is 10.9. The molecule has 0 saturated carbocycles. The Bertz CT molecular complexity index is 1260. The van der Waals surface area contributed by atoms with Gasteiger partial charge in [0.1, 0.15) is 17.6 Å². The number of carbonyl (C=O) groups excluding carboxylic acids is 1. The van der Waals surface area contributed by atoms with E-state index in [0.717, 1.165) is 39.2 Å². The topological polar surface area (TPSA) is 67.1 Å². The van der Waals surface area contributed by atoms with E-state index in [1.807, 2.05) is 66.7 Å². The van der Waals surface area contributed by atoms with Gasteiger partial charge in [0.25, 0.3) is 5.91 Å². The molecule has 2 heterocycles. The molecule has 1 aliphatic heterocycles. The van der Waals surface area contributed by atoms with Crippen molar-refractivity contribution in [3.63, 3.8) is 0 Å². The predicted molar refractivity (Wildman–Crippen MR) is 125 cm³/mol. The monoisotopic (exact) mass is 425 g/mol. The lowest BCUT2D eigenvalue weighted by Gasteiger charge is -2.20. The van der Waals surface area contributed by atoms with Crippen molar-refractivity contribution in [1.82, 2.24) is 5.01 Å². The smallest absolute Gasteiger partial charge is 0.262 e. The molecule has 6 heteroatoms. The molecule has 1 aliphatic rings. The van der Waals surface area contributed by atoms with Crippen LogP contribution in [0.15, 0.2) is 94.6 Å². The first-order valence-electron chi connectivity index (χ1n) is 10.5. The number of hydrogen-bond acceptors (Lipinski definition) is 5. The number of hydrogen-bond donors (Lipinski definition) is 1. The van der Waals surface area contributed by atoms with Crippen molar-refractivity contribution in [2.24, 2.45) is 5.10 Å². The minimum absolute atomic E-state index is 0.122. The summed E-state index contributed by atoms with van der Waals surface area (Å²) in [5.74, 6) is 1.38. The standard InChI is InChI=1S/C26H23N3O3/c1-31-20-13-11-19(12-14-20)23-16-24(25-10-5-15-32-25)29(28-23)26(30)17-27-22-9-4-7-18-6-2-3-8-21(18)22/h2-15,24,27H,16-17H2,1H3/t24-/m1/s1. The molecule has 160 valence electrons. The molecule has 0 aliphatic carbocycles. The third-order valence-corrected chi connectivity index (χ3v) is 5.68. The molecule has 32 heavy (non-hydrogen) atoms. The molecule has 0 saturated heterocycles. The van der Waals surface area contributed by atoms with Gasteiger partial charge in [-0.15, -0.1) is 0 Å². The summed E-state index contributed by atoms with van der Waals surface area (Å²) in [6, 6.07) is 25.3. The molecule has 1 aromatic heterocycles. The van der Waals surface area contributed by atoms with Gasteiger partial charge in [0.2, 0.25) is 0 Å². The van der Waals surface area contributed by atoms with Crippen LogP contribution in [0.3, 0.4) is 0 Å². The molecular weight excluding hydrogens is 402 g/mol. The molecule has 0 unspecified atom stereocenters. The number of amides is 1. The fourth-order valence-corrected chi connectivity index (χ4v) is 4.03. The van der Waals surface area contributed by atoms with Gasteiger partial charge < -0.3 is 14.5 Å². The van der Waals surface area contributed by atoms with Crippen LogP contribution >= 0.6 is 0 Å². The summed E-state index contributed by atoms with van der Waals surface area (Å²) in [6.45, 7) is 0.130. The average Bonchev–Trinajstić information content (AvgIpc) is 3.53. The molecule has 4 aromatic rings. The highest BCUT2D eigenvalue weighted by atomic mass is 16.5. The Kier molecular flexibility index (Phi) is 5.34. The Hall–Kier alpha value is -4.06. The van der Waals surface area contributed by atoms with Crippen molar-refractivity contribution in [1.29, 1.82) is 0 Å². The van der Waals surface area contributed by atoms with E-state index in [0.29, 0.717) is 6.42 Å². The number of hydrazone groups is 1. The predicted octanol–water partition coefficient (Wildman–Crippen LogP) is 5.23. The van der Waals surface area contributed by atoms with Crippen LogP contribution in [-0.2, 0) is 4.79 Å². The second-order valence-electron chi connectivity index (χ2n) is 7.63. The zero-order valence-corrected chi connectivity index (χ0v) is 17.7. The number of furan rings is 1. The highest BCUT2D eigenvalue weighted by Crippen LogP contribution is 2.33. The van der Waals surface area contributed by atoms with Crippen molar-refractivity contribution < 1.29 is 13.9 Å². The van der Waals surface area contributed by atoms with Gasteiger partial charge in [-0.3, -0.25) is 4.79 Å². The molecule has 0 fully saturated rings. The summed E-state index contributed by atoms with van der Waals surface area (Å²) in [5, 5.41) is 11.7. The van der Waals surface area contributed by atoms with Crippen molar-refractivity contribution in [3.8, 4) is 5.75 Å². The third-order valence-electron chi connectivity index (χ3n) is 5.68. The number of nitrogens with zero attached hydrogens (tertiary/aromatic N) is 2. The van der Waals surface area contributed by atoms with Gasteiger partial charge in [0.15, 0.2) is 0 Å². The maximum Gasteiger partial charge on any atom is 0.262 e. The average molecular weight is 425 g/mol. The lowest BCUT2D eigenvalue weighted by Crippen LogP contribution is -2.32. The number of benzene rings is 3. The quantitative estimate of drug-likeness (QED) is 0.459. The molecule has 0 spiro atoms. The van der Waals surface area contributed by atoms with Gasteiger partial charge in [0.05, 0.1) is 25.6 Å². The van der Waals surface area contributed by atoms with Crippen molar-refractivity contribution in [2.45, 2.75) is 12.5 Å². The number of rotatable bonds is 6. The number of fused-ring (bicyclic) bond motifs is 1. The van der Waals surface area contributed by atoms with E-state index in [4.69, 9.17) is 9.15 Å². The van der Waals surface area contributed by atoms with E-state index >= 15 is 0 Å². The number of anilines is 1. The summed E-state index contributed by atoms with van der Waals surface area (Å²) in [6.07, 6.45) is 2.21. The molecule has 1 amide bonds. The lowest BCUT2D eigenvalue weighted by atomic mass is 10.0. The van der Waals surface area contributed by atoms with Gasteiger partial charge in [-0.2, -0.15) is 5.10 Å². The second-order valence-corrected chi connectivity index (χ2v) is 7.63. The van der Waals surface area contributed by atoms with Gasteiger partial charge >= 0.3 is 0 Å². The van der Waals surface area contributed by atoms with Crippen LogP contribution in [-0.4, -0.2) is 30.3 Å². The zero-order valence-electron chi connectivity index (χ0n) is 17.7. The first-order chi connectivity index (χ1) is 15.7. The number of carbonyl (C=O) groups is 1. The molecule has 0 radical (unpaired) electrons. The van der Waals surface area contributed by atoms with E-state index < -0.39 is 0 Å². The molecule has 5 rings (SSSR count). The fourth-order valence-electron chi connectivity index (χ4n) is 4.03. The molecule has 0 bridgehead atoms. The minimum Gasteiger partial charge on any atom is -0.497 e. The van der Waals surface area contributed by atoms with E-state index in [1.54, 1.807) is 13.4 Å². The maximum atomic E-state index is 13.2. The third kappa shape index (κ3) is 3.83. The Morgan fingerprint density at radius 2 is 1.88 bits per heavy atom. The van der Waals surface area contributed by atoms with Crippen molar-refractivity contribution >= 4 is 28.1 Å². The first-order valence-corrected chi connectivity index (χ1v) is 10.5. The molecule has 1 atom stereocenters. The van der Waals surface area contributed by atoms with E-state index in [-0.39, 0.29) is 18.5 Å². The Morgan fingerprint density at radius 1 is 1.06 bits per heavy atom. The number of ether oxygens (including phenoxy) is 1. The molecule has 6 nitrogen and oxygen atoms in total. The molecule has 3 aromatic carbocycles. The SMILES string of the molecule is COc1ccc(C2=NN(C(=O)CNc3cccc4ccccc34)[C@@H](c3ccco3)C2)cc1. The van der Waals surface area contributed by atoms with E-state index in [2.05, 4.69) is 22.6 Å². The highest BCUT2D eigenvalue weighted by Gasteiger charge is 2.34. The van der Waals surface area contributed by atoms with Gasteiger partial charge in [-0.25, -0.2) is 5.01 Å². The maximum absolute atomic E-state index is 13.2. The van der Waals surface area contributed by atoms with Crippen LogP contribution in [0.2, 0.25) is 0 Å². The Morgan fingerprint density at radius 3 is 2.66 bits per heavy atom. The molecule has 1 N–H and O–H groups in total. The van der Waals surface area contributed by atoms with Crippen molar-refractivity contribution in [2.75, 3.05) is 19.0 Å². The highest BCUT2D eigenvalue weighted by molar-refractivity contribution is 6.03. The minimum atomic E-state index is -0.274. The number of methoxy groups -OCH3 is 1. The second kappa shape index (κ2) is 8.59. The van der Waals surface area contributed by atoms with E-state index in [9.17, 15) is 4.79 Å². The van der Waals surface area contributed by atoms with Crippen LogP contribution in [0.4, 0.5) is 5.69 Å². The largest absolute Gasteiger partial charge is 0.497 e. The van der Waals surface area contributed by atoms with E-state index in [1.165, 1.54) is 5.01 Å². The van der Waals surface area contributed by atoms with Gasteiger partial charge in [-0.1, -0.05) is 36.4 Å². The first kappa shape index (κ1) is 19.9. The zero-order chi connectivity index (χ0) is 21.9.